The number of ether oxygens (including phenoxy) is 8. The molecule has 0 bridgehead atoms. The molecule has 3 saturated heterocycles. The zero-order valence-corrected chi connectivity index (χ0v) is 47.1. The van der Waals surface area contributed by atoms with Gasteiger partial charge in [-0.2, -0.15) is 0 Å². The largest absolute Gasteiger partial charge is 0.479 e. The van der Waals surface area contributed by atoms with Crippen molar-refractivity contribution >= 4 is 17.9 Å². The summed E-state index contributed by atoms with van der Waals surface area (Å²) in [5, 5.41) is 147. The number of carboxylic acids is 1. The summed E-state index contributed by atoms with van der Waals surface area (Å²) >= 11 is 0. The average molecular weight is 1140 g/mol. The fourth-order valence-electron chi connectivity index (χ4n) is 15.9. The molecule has 0 unspecified atom stereocenters. The molecule has 3 aliphatic heterocycles. The minimum absolute atomic E-state index is 0.0637. The third-order valence-corrected chi connectivity index (χ3v) is 21.0. The van der Waals surface area contributed by atoms with Gasteiger partial charge in [-0.1, -0.05) is 58.4 Å². The highest BCUT2D eigenvalue weighted by molar-refractivity contribution is 5.89. The predicted molar refractivity (Wildman–Crippen MR) is 274 cm³/mol. The molecule has 454 valence electrons. The first-order valence-electron chi connectivity index (χ1n) is 27.9. The molecular formula is C56H86O24. The molecule has 0 aromatic rings. The molecule has 0 aromatic carbocycles. The molecule has 13 N–H and O–H groups in total. The van der Waals surface area contributed by atoms with Crippen molar-refractivity contribution in [2.45, 2.75) is 230 Å². The van der Waals surface area contributed by atoms with Crippen LogP contribution in [-0.4, -0.2) is 226 Å². The van der Waals surface area contributed by atoms with Gasteiger partial charge in [-0.25, -0.2) is 14.4 Å². The van der Waals surface area contributed by atoms with Crippen LogP contribution in [0.4, 0.5) is 0 Å². The van der Waals surface area contributed by atoms with Gasteiger partial charge in [0.05, 0.1) is 49.1 Å². The number of carbonyl (C=O) groups is 3. The average Bonchev–Trinajstić information content (AvgIpc) is 3.81. The molecule has 0 spiro atoms. The Labute approximate surface area is 464 Å². The first-order chi connectivity index (χ1) is 37.3. The van der Waals surface area contributed by atoms with Gasteiger partial charge >= 0.3 is 17.9 Å². The number of hydrogen-bond donors (Lipinski definition) is 13. The summed E-state index contributed by atoms with van der Waals surface area (Å²) in [6, 6.07) is 0. The second-order valence-corrected chi connectivity index (χ2v) is 25.4. The van der Waals surface area contributed by atoms with Gasteiger partial charge in [-0.05, 0) is 102 Å². The summed E-state index contributed by atoms with van der Waals surface area (Å²) in [5.74, 6) is -4.78. The minimum atomic E-state index is -2.19. The minimum Gasteiger partial charge on any atom is -0.479 e. The van der Waals surface area contributed by atoms with Crippen molar-refractivity contribution < 1.29 is 119 Å². The highest BCUT2D eigenvalue weighted by atomic mass is 16.8. The van der Waals surface area contributed by atoms with Crippen molar-refractivity contribution in [3.05, 3.63) is 34.9 Å². The summed E-state index contributed by atoms with van der Waals surface area (Å²) in [6.07, 6.45) is -26.5. The second kappa shape index (κ2) is 22.7. The maximum atomic E-state index is 13.8. The molecule has 5 aliphatic carbocycles. The van der Waals surface area contributed by atoms with E-state index in [2.05, 4.69) is 13.8 Å². The molecule has 3 heterocycles. The summed E-state index contributed by atoms with van der Waals surface area (Å²) in [7, 11) is 0. The van der Waals surface area contributed by atoms with Crippen molar-refractivity contribution in [2.24, 2.45) is 44.8 Å². The zero-order valence-electron chi connectivity index (χ0n) is 47.1. The molecule has 0 radical (unpaired) electrons. The van der Waals surface area contributed by atoms with Crippen LogP contribution in [0.1, 0.15) is 108 Å². The summed E-state index contributed by atoms with van der Waals surface area (Å²) in [5.41, 5.74) is -6.02. The standard InChI is InChI=1S/C56H86O24/c1-11-23(3)46(70)79-43-44(80-47(71)24(4)12-2)56(22-59)26(19-51(43,5)6)25-13-14-29-52(7)17-16-31(55(10,72)30(52)15-18-53(29,8)54(25,9)41(66)42(56)67)75-50-40(78-49-36(64)34(62)32(60)27(20-57)73-49)38(37(65)39(77-50)45(68)69)76-48-35(63)33(61)28(21-58)74-48/h11-13,26-44,48-50,57-67,72H,14-22H2,1-10H3,(H,68,69)/b23-11-,24-12-/t26-,27+,28-,29+,30+,31-,32+,33-,34-,35+,36+,37-,38-,39-,40+,41-,42+,43-,44-,48-,49-,50+,52+,53+,54-,55+,56-/m0/s1. The molecule has 0 aromatic heterocycles. The Hall–Kier alpha value is -3.09. The maximum absolute atomic E-state index is 13.8. The van der Waals surface area contributed by atoms with Crippen molar-refractivity contribution in [3.8, 4) is 0 Å². The Bertz CT molecular complexity index is 2390. The van der Waals surface area contributed by atoms with Gasteiger partial charge in [0.1, 0.15) is 67.1 Å². The Kier molecular flexibility index (Phi) is 17.9. The molecule has 4 saturated carbocycles. The van der Waals surface area contributed by atoms with E-state index in [-0.39, 0.29) is 24.3 Å². The number of carbonyl (C=O) groups excluding carboxylic acids is 2. The Morgan fingerprint density at radius 3 is 1.73 bits per heavy atom. The topological polar surface area (TPSA) is 388 Å². The first kappa shape index (κ1) is 62.9. The zero-order chi connectivity index (χ0) is 59.3. The SMILES string of the molecule is C/C=C(/C)C(=O)O[C@H]1[C@H](OC(=O)/C(C)=C\C)[C@]2(CO)[C@H](O)[C@H](O)[C@]3(C)C(=CC[C@@H]4[C@@]5(C)CC[C@H](O[C@@H]6O[C@H](C(=O)O)[C@@H](O)[C@H](O[C@@H]7O[C@@H](CO)[C@H](O)[C@H]7O)[C@H]6O[C@@H]6O[C@H](CO)[C@@H](O)[C@H](O)[C@H]6O)[C@](C)(O)[C@@H]5CC[C@]43C)[C@@H]2CC1(C)C. The van der Waals surface area contributed by atoms with Crippen LogP contribution in [0.3, 0.4) is 0 Å². The molecular weight excluding hydrogens is 1060 g/mol. The van der Waals surface area contributed by atoms with Crippen molar-refractivity contribution in [2.75, 3.05) is 19.8 Å². The molecule has 8 aliphatic rings. The first-order valence-corrected chi connectivity index (χ1v) is 27.9. The Balaban J connectivity index is 1.14. The van der Waals surface area contributed by atoms with Crippen LogP contribution < -0.4 is 0 Å². The van der Waals surface area contributed by atoms with E-state index in [1.54, 1.807) is 46.8 Å². The third-order valence-electron chi connectivity index (χ3n) is 21.0. The summed E-state index contributed by atoms with van der Waals surface area (Å²) in [4.78, 5) is 40.2. The number of fused-ring (bicyclic) bond motifs is 7. The van der Waals surface area contributed by atoms with Gasteiger partial charge in [0, 0.05) is 22.0 Å². The van der Waals surface area contributed by atoms with Gasteiger partial charge < -0.3 is 104 Å². The van der Waals surface area contributed by atoms with E-state index in [0.29, 0.717) is 31.3 Å². The monoisotopic (exact) mass is 1140 g/mol. The van der Waals surface area contributed by atoms with Crippen LogP contribution in [0.5, 0.6) is 0 Å². The number of aliphatic hydroxyl groups excluding tert-OH is 11. The predicted octanol–water partition coefficient (Wildman–Crippen LogP) is -1.01. The fourth-order valence-corrected chi connectivity index (χ4v) is 15.9. The van der Waals surface area contributed by atoms with E-state index >= 15 is 0 Å². The molecule has 8 rings (SSSR count). The highest BCUT2D eigenvalue weighted by Gasteiger charge is 2.77. The van der Waals surface area contributed by atoms with E-state index in [1.807, 2.05) is 26.8 Å². The number of esters is 2. The number of allylic oxidation sites excluding steroid dienone is 3. The normalized spacial score (nSPS) is 50.2. The number of rotatable bonds is 14. The number of aliphatic hydroxyl groups is 12. The molecule has 80 heavy (non-hydrogen) atoms. The van der Waals surface area contributed by atoms with Crippen LogP contribution in [0.25, 0.3) is 0 Å². The molecule has 7 fully saturated rings. The van der Waals surface area contributed by atoms with Crippen molar-refractivity contribution in [1.82, 2.24) is 0 Å². The van der Waals surface area contributed by atoms with Crippen molar-refractivity contribution in [3.63, 3.8) is 0 Å². The van der Waals surface area contributed by atoms with Gasteiger partial charge in [0.25, 0.3) is 0 Å². The molecule has 0 amide bonds. The van der Waals surface area contributed by atoms with E-state index < -0.39 is 199 Å². The lowest BCUT2D eigenvalue weighted by Gasteiger charge is -2.73. The third kappa shape index (κ3) is 9.75. The number of aliphatic carboxylic acids is 1. The lowest BCUT2D eigenvalue weighted by Crippen LogP contribution is -2.77. The smallest absolute Gasteiger partial charge is 0.335 e. The Morgan fingerprint density at radius 2 is 1.19 bits per heavy atom. The van der Waals surface area contributed by atoms with E-state index in [9.17, 15) is 80.8 Å². The van der Waals surface area contributed by atoms with Crippen LogP contribution >= 0.6 is 0 Å². The second-order valence-electron chi connectivity index (χ2n) is 25.4. The molecule has 24 nitrogen and oxygen atoms in total. The number of hydrogen-bond acceptors (Lipinski definition) is 23. The lowest BCUT2D eigenvalue weighted by molar-refractivity contribution is -0.388. The van der Waals surface area contributed by atoms with Crippen molar-refractivity contribution in [1.29, 1.82) is 0 Å². The van der Waals surface area contributed by atoms with Gasteiger partial charge in [-0.15, -0.1) is 0 Å². The van der Waals surface area contributed by atoms with Crippen LogP contribution in [-0.2, 0) is 52.3 Å². The van der Waals surface area contributed by atoms with Gasteiger partial charge in [0.2, 0.25) is 0 Å². The summed E-state index contributed by atoms with van der Waals surface area (Å²) < 4.78 is 48.4. The molecule has 27 atom stereocenters. The number of carboxylic acid groups (broad SMARTS) is 1. The van der Waals surface area contributed by atoms with E-state index in [0.717, 1.165) is 5.57 Å². The highest BCUT2D eigenvalue weighted by Crippen LogP contribution is 2.75. The lowest BCUT2D eigenvalue weighted by atomic mass is 9.33. The summed E-state index contributed by atoms with van der Waals surface area (Å²) in [6.45, 7) is 15.4. The molecule has 24 heteroatoms. The maximum Gasteiger partial charge on any atom is 0.335 e. The quantitative estimate of drug-likeness (QED) is 0.0429. The fraction of sp³-hybridized carbons (Fsp3) is 0.839. The van der Waals surface area contributed by atoms with E-state index in [1.165, 1.54) is 0 Å². The van der Waals surface area contributed by atoms with Crippen LogP contribution in [0.15, 0.2) is 34.9 Å². The van der Waals surface area contributed by atoms with Crippen LogP contribution in [0.2, 0.25) is 0 Å². The Morgan fingerprint density at radius 1 is 0.650 bits per heavy atom. The van der Waals surface area contributed by atoms with Gasteiger partial charge in [-0.3, -0.25) is 0 Å². The van der Waals surface area contributed by atoms with Crippen LogP contribution in [0, 0.1) is 44.8 Å². The van der Waals surface area contributed by atoms with E-state index in [4.69, 9.17) is 37.9 Å². The van der Waals surface area contributed by atoms with Gasteiger partial charge in [0.15, 0.2) is 31.1 Å².